The molecule has 0 spiro atoms. The Balaban J connectivity index is 1.91. The van der Waals surface area contributed by atoms with Crippen molar-refractivity contribution in [2.45, 2.75) is 0 Å². The average molecular weight is 277 g/mol. The largest absolute Gasteiger partial charge is 0.423 e. The van der Waals surface area contributed by atoms with Crippen LogP contribution in [-0.4, -0.2) is 17.9 Å². The molecule has 3 aromatic rings. The number of hydrogen-bond acceptors (Lipinski definition) is 4. The second-order valence-corrected chi connectivity index (χ2v) is 4.52. The van der Waals surface area contributed by atoms with Crippen LogP contribution in [0.5, 0.6) is 0 Å². The topological polar surface area (TPSA) is 70.1 Å². The average Bonchev–Trinajstić information content (AvgIpc) is 2.97. The van der Waals surface area contributed by atoms with Gasteiger partial charge in [-0.05, 0) is 36.4 Å². The van der Waals surface area contributed by atoms with Crippen molar-refractivity contribution in [2.75, 3.05) is 11.9 Å². The van der Waals surface area contributed by atoms with Crippen LogP contribution in [0.3, 0.4) is 0 Å². The van der Waals surface area contributed by atoms with Gasteiger partial charge in [0.2, 0.25) is 0 Å². The molecule has 2 aromatic carbocycles. The molecule has 1 aromatic heterocycles. The van der Waals surface area contributed by atoms with E-state index in [4.69, 9.17) is 9.68 Å². The Morgan fingerprint density at radius 1 is 1.19 bits per heavy atom. The molecule has 0 unspecified atom stereocenters. The number of nitrogens with zero attached hydrogens (tertiary/aromatic N) is 3. The third kappa shape index (κ3) is 2.35. The minimum Gasteiger partial charge on any atom is -0.423 e. The van der Waals surface area contributed by atoms with E-state index in [-0.39, 0.29) is 11.9 Å². The Labute approximate surface area is 121 Å². The minimum absolute atomic E-state index is 0.241. The lowest BCUT2D eigenvalue weighted by Crippen LogP contribution is -2.26. The van der Waals surface area contributed by atoms with Crippen molar-refractivity contribution in [2.24, 2.45) is 0 Å². The maximum atomic E-state index is 12.4. The minimum atomic E-state index is -0.244. The Morgan fingerprint density at radius 3 is 2.57 bits per heavy atom. The van der Waals surface area contributed by atoms with Gasteiger partial charge in [-0.2, -0.15) is 10.2 Å². The summed E-state index contributed by atoms with van der Waals surface area (Å²) in [6.07, 6.45) is 0. The number of aromatic nitrogens is 1. The first-order valence-electron chi connectivity index (χ1n) is 6.33. The summed E-state index contributed by atoms with van der Waals surface area (Å²) in [5, 5.41) is 8.76. The molecule has 0 aliphatic rings. The molecule has 1 amide bonds. The molecule has 0 fully saturated rings. The van der Waals surface area contributed by atoms with Crippen LogP contribution in [0.2, 0.25) is 0 Å². The zero-order valence-corrected chi connectivity index (χ0v) is 11.3. The standard InChI is InChI=1S/C16H11N3O2/c1-19(15(20)12-8-6-11(10-17)7-9-12)16-18-13-4-2-3-5-14(13)21-16/h2-9H,1H3. The number of para-hydroxylation sites is 2. The number of carbonyl (C=O) groups excluding carboxylic acids is 1. The summed E-state index contributed by atoms with van der Waals surface area (Å²) < 4.78 is 5.56. The van der Waals surface area contributed by atoms with Crippen molar-refractivity contribution in [1.29, 1.82) is 5.26 Å². The van der Waals surface area contributed by atoms with Crippen molar-refractivity contribution in [3.63, 3.8) is 0 Å². The van der Waals surface area contributed by atoms with E-state index >= 15 is 0 Å². The van der Waals surface area contributed by atoms with Gasteiger partial charge < -0.3 is 4.42 Å². The SMILES string of the molecule is CN(C(=O)c1ccc(C#N)cc1)c1nc2ccccc2o1. The highest BCUT2D eigenvalue weighted by molar-refractivity contribution is 6.05. The molecule has 0 saturated heterocycles. The fraction of sp³-hybridized carbons (Fsp3) is 0.0625. The van der Waals surface area contributed by atoms with E-state index in [1.54, 1.807) is 37.4 Å². The second kappa shape index (κ2) is 5.10. The van der Waals surface area contributed by atoms with E-state index in [0.29, 0.717) is 22.2 Å². The van der Waals surface area contributed by atoms with Crippen LogP contribution in [0.25, 0.3) is 11.1 Å². The fourth-order valence-corrected chi connectivity index (χ4v) is 1.97. The van der Waals surface area contributed by atoms with Crippen LogP contribution in [-0.2, 0) is 0 Å². The zero-order chi connectivity index (χ0) is 14.8. The molecule has 0 saturated carbocycles. The number of hydrogen-bond donors (Lipinski definition) is 0. The Kier molecular flexibility index (Phi) is 3.13. The summed E-state index contributed by atoms with van der Waals surface area (Å²) in [5.74, 6) is -0.244. The van der Waals surface area contributed by atoms with Gasteiger partial charge in [-0.1, -0.05) is 12.1 Å². The lowest BCUT2D eigenvalue weighted by atomic mass is 10.1. The van der Waals surface area contributed by atoms with Crippen LogP contribution < -0.4 is 4.90 Å². The third-order valence-corrected chi connectivity index (χ3v) is 3.14. The summed E-state index contributed by atoms with van der Waals surface area (Å²) in [6, 6.07) is 16.0. The van der Waals surface area contributed by atoms with Crippen LogP contribution in [0.15, 0.2) is 52.9 Å². The number of carbonyl (C=O) groups is 1. The molecule has 5 nitrogen and oxygen atoms in total. The lowest BCUT2D eigenvalue weighted by Gasteiger charge is -2.12. The van der Waals surface area contributed by atoms with Crippen LogP contribution in [0.4, 0.5) is 6.01 Å². The molecule has 21 heavy (non-hydrogen) atoms. The molecule has 102 valence electrons. The van der Waals surface area contributed by atoms with Gasteiger partial charge in [-0.25, -0.2) is 0 Å². The van der Waals surface area contributed by atoms with Gasteiger partial charge in [0.25, 0.3) is 5.91 Å². The first-order valence-corrected chi connectivity index (χ1v) is 6.33. The quantitative estimate of drug-likeness (QED) is 0.722. The highest BCUT2D eigenvalue weighted by atomic mass is 16.4. The highest BCUT2D eigenvalue weighted by Crippen LogP contribution is 2.22. The second-order valence-electron chi connectivity index (χ2n) is 4.52. The van der Waals surface area contributed by atoms with Crippen molar-refractivity contribution >= 4 is 23.0 Å². The summed E-state index contributed by atoms with van der Waals surface area (Å²) in [5.41, 5.74) is 2.31. The number of nitriles is 1. The van der Waals surface area contributed by atoms with Gasteiger partial charge >= 0.3 is 6.01 Å². The maximum absolute atomic E-state index is 12.4. The van der Waals surface area contributed by atoms with Gasteiger partial charge in [0, 0.05) is 12.6 Å². The maximum Gasteiger partial charge on any atom is 0.305 e. The molecule has 0 N–H and O–H groups in total. The van der Waals surface area contributed by atoms with Crippen molar-refractivity contribution in [3.05, 3.63) is 59.7 Å². The van der Waals surface area contributed by atoms with Gasteiger partial charge in [0.05, 0.1) is 11.6 Å². The molecule has 0 radical (unpaired) electrons. The van der Waals surface area contributed by atoms with Crippen LogP contribution in [0, 0.1) is 11.3 Å². The van der Waals surface area contributed by atoms with Crippen molar-refractivity contribution < 1.29 is 9.21 Å². The lowest BCUT2D eigenvalue weighted by molar-refractivity contribution is 0.0988. The molecular weight excluding hydrogens is 266 g/mol. The van der Waals surface area contributed by atoms with Crippen LogP contribution in [0.1, 0.15) is 15.9 Å². The Hall–Kier alpha value is -3.13. The number of benzene rings is 2. The van der Waals surface area contributed by atoms with E-state index < -0.39 is 0 Å². The van der Waals surface area contributed by atoms with Gasteiger partial charge in [0.1, 0.15) is 5.52 Å². The molecule has 0 bridgehead atoms. The molecular formula is C16H11N3O2. The number of fused-ring (bicyclic) bond motifs is 1. The summed E-state index contributed by atoms with van der Waals surface area (Å²) in [4.78, 5) is 18.0. The number of rotatable bonds is 2. The van der Waals surface area contributed by atoms with Gasteiger partial charge in [-0.15, -0.1) is 0 Å². The molecule has 1 heterocycles. The Bertz CT molecular complexity index is 811. The smallest absolute Gasteiger partial charge is 0.305 e. The molecule has 0 aliphatic carbocycles. The normalized spacial score (nSPS) is 10.3. The van der Waals surface area contributed by atoms with E-state index in [1.165, 1.54) is 4.90 Å². The molecule has 5 heteroatoms. The first-order chi connectivity index (χ1) is 10.2. The van der Waals surface area contributed by atoms with E-state index in [1.807, 2.05) is 24.3 Å². The zero-order valence-electron chi connectivity index (χ0n) is 11.3. The van der Waals surface area contributed by atoms with Gasteiger partial charge in [-0.3, -0.25) is 9.69 Å². The van der Waals surface area contributed by atoms with E-state index in [0.717, 1.165) is 0 Å². The summed E-state index contributed by atoms with van der Waals surface area (Å²) in [6.45, 7) is 0. The third-order valence-electron chi connectivity index (χ3n) is 3.14. The summed E-state index contributed by atoms with van der Waals surface area (Å²) in [7, 11) is 1.60. The number of oxazole rings is 1. The molecule has 3 rings (SSSR count). The van der Waals surface area contributed by atoms with E-state index in [9.17, 15) is 4.79 Å². The highest BCUT2D eigenvalue weighted by Gasteiger charge is 2.18. The molecule has 0 atom stereocenters. The van der Waals surface area contributed by atoms with Gasteiger partial charge in [0.15, 0.2) is 5.58 Å². The van der Waals surface area contributed by atoms with Crippen molar-refractivity contribution in [3.8, 4) is 6.07 Å². The molecule has 0 aliphatic heterocycles. The predicted octanol–water partition coefficient (Wildman–Crippen LogP) is 2.98. The fourth-order valence-electron chi connectivity index (χ4n) is 1.97. The summed E-state index contributed by atoms with van der Waals surface area (Å²) >= 11 is 0. The first kappa shape index (κ1) is 12.9. The van der Waals surface area contributed by atoms with Crippen LogP contribution >= 0.6 is 0 Å². The monoisotopic (exact) mass is 277 g/mol. The number of anilines is 1. The number of amides is 1. The van der Waals surface area contributed by atoms with E-state index in [2.05, 4.69) is 4.98 Å². The van der Waals surface area contributed by atoms with Crippen molar-refractivity contribution in [1.82, 2.24) is 4.98 Å². The predicted molar refractivity (Wildman–Crippen MR) is 77.9 cm³/mol. The Morgan fingerprint density at radius 2 is 1.90 bits per heavy atom.